The van der Waals surface area contributed by atoms with E-state index in [0.717, 1.165) is 46.4 Å². The number of H-pyrrole nitrogens is 1. The summed E-state index contributed by atoms with van der Waals surface area (Å²) in [4.78, 5) is 2.86. The minimum Gasteiger partial charge on any atom is -0.496 e. The number of hydrogen-bond acceptors (Lipinski definition) is 3. The van der Waals surface area contributed by atoms with Crippen LogP contribution in [-0.4, -0.2) is 25.8 Å². The Balaban J connectivity index is 0.000000652. The van der Waals surface area contributed by atoms with Gasteiger partial charge in [-0.25, -0.2) is 8.42 Å². The fraction of sp³-hybridized carbons (Fsp3) is 0.263. The van der Waals surface area contributed by atoms with Gasteiger partial charge < -0.3 is 9.72 Å². The third kappa shape index (κ3) is 6.18. The maximum absolute atomic E-state index is 13.9. The lowest BCUT2D eigenvalue weighted by Crippen LogP contribution is -2.30. The van der Waals surface area contributed by atoms with Gasteiger partial charge in [0.25, 0.3) is 0 Å². The molecule has 2 aliphatic rings. The quantitative estimate of drug-likeness (QED) is 0.205. The molecule has 7 rings (SSSR count). The molecule has 1 aromatic heterocycles. The molecule has 0 saturated carbocycles. The molecule has 5 aromatic rings. The molecule has 3 unspecified atom stereocenters. The Morgan fingerprint density at radius 1 is 0.756 bits per heavy atom. The minimum absolute atomic E-state index is 0.103. The molecular weight excluding hydrogens is 621 g/mol. The first kappa shape index (κ1) is 31.5. The van der Waals surface area contributed by atoms with Gasteiger partial charge in [-0.1, -0.05) is 77.8 Å². The van der Waals surface area contributed by atoms with Gasteiger partial charge >= 0.3 is 0 Å². The molecule has 0 amide bonds. The van der Waals surface area contributed by atoms with Gasteiger partial charge in [0.2, 0.25) is 0 Å². The van der Waals surface area contributed by atoms with E-state index >= 15 is 0 Å². The predicted octanol–water partition coefficient (Wildman–Crippen LogP) is 9.77. The fourth-order valence-electron chi connectivity index (χ4n) is 7.01. The normalized spacial score (nSPS) is 18.7. The number of sulfone groups is 1. The topological polar surface area (TPSA) is 59.2 Å². The van der Waals surface area contributed by atoms with Crippen LogP contribution in [0.15, 0.2) is 103 Å². The number of hydrogen-bond donors (Lipinski definition) is 1. The predicted molar refractivity (Wildman–Crippen MR) is 186 cm³/mol. The largest absolute Gasteiger partial charge is 0.496 e. The van der Waals surface area contributed by atoms with E-state index in [9.17, 15) is 8.42 Å². The Labute approximate surface area is 276 Å². The average molecular weight is 659 g/mol. The van der Waals surface area contributed by atoms with Crippen molar-refractivity contribution in [1.82, 2.24) is 4.98 Å². The number of methoxy groups -OCH3 is 1. The van der Waals surface area contributed by atoms with E-state index in [-0.39, 0.29) is 11.8 Å². The number of halogens is 2. The fourth-order valence-corrected chi connectivity index (χ4v) is 8.97. The second-order valence-corrected chi connectivity index (χ2v) is 15.7. The highest BCUT2D eigenvalue weighted by Crippen LogP contribution is 2.52. The summed E-state index contributed by atoms with van der Waals surface area (Å²) in [5.74, 6) is 0.993. The molecular formula is C38H37Cl2NO3S. The summed E-state index contributed by atoms with van der Waals surface area (Å²) in [7, 11) is -1.73. The summed E-state index contributed by atoms with van der Waals surface area (Å²) in [5.41, 5.74) is 8.93. The molecule has 0 aliphatic heterocycles. The van der Waals surface area contributed by atoms with Gasteiger partial charge in [0, 0.05) is 22.4 Å². The highest BCUT2D eigenvalue weighted by Gasteiger charge is 2.41. The number of rotatable bonds is 5. The molecule has 0 bridgehead atoms. The Bertz CT molecular complexity index is 1880. The third-order valence-electron chi connectivity index (χ3n) is 9.28. The van der Waals surface area contributed by atoms with Gasteiger partial charge in [-0.15, -0.1) is 0 Å². The molecule has 0 fully saturated rings. The molecule has 2 aliphatic carbocycles. The van der Waals surface area contributed by atoms with E-state index in [4.69, 9.17) is 27.9 Å². The van der Waals surface area contributed by atoms with Crippen LogP contribution in [0.5, 0.6) is 5.75 Å². The van der Waals surface area contributed by atoms with E-state index in [1.165, 1.54) is 16.7 Å². The Kier molecular flexibility index (Phi) is 9.15. The van der Waals surface area contributed by atoms with Crippen molar-refractivity contribution in [2.24, 2.45) is 0 Å². The van der Waals surface area contributed by atoms with E-state index in [0.29, 0.717) is 16.5 Å². The molecule has 4 nitrogen and oxygen atoms in total. The van der Waals surface area contributed by atoms with Gasteiger partial charge in [-0.05, 0) is 126 Å². The molecule has 45 heavy (non-hydrogen) atoms. The Morgan fingerprint density at radius 2 is 1.47 bits per heavy atom. The first-order chi connectivity index (χ1) is 21.7. The van der Waals surface area contributed by atoms with Crippen molar-refractivity contribution in [3.05, 3.63) is 147 Å². The van der Waals surface area contributed by atoms with Crippen LogP contribution >= 0.6 is 23.2 Å². The molecule has 7 heteroatoms. The summed E-state index contributed by atoms with van der Waals surface area (Å²) in [6.45, 7) is 3.59. The smallest absolute Gasteiger partial charge is 0.159 e. The highest BCUT2D eigenvalue weighted by atomic mass is 35.5. The number of benzene rings is 4. The average Bonchev–Trinajstić information content (AvgIpc) is 3.64. The van der Waals surface area contributed by atoms with Crippen LogP contribution in [0.25, 0.3) is 11.1 Å². The summed E-state index contributed by atoms with van der Waals surface area (Å²) in [5, 5.41) is 0.292. The van der Waals surface area contributed by atoms with Crippen LogP contribution in [-0.2, 0) is 29.1 Å². The maximum Gasteiger partial charge on any atom is 0.159 e. The lowest BCUT2D eigenvalue weighted by atomic mass is 9.67. The van der Waals surface area contributed by atoms with Crippen molar-refractivity contribution in [3.63, 3.8) is 0 Å². The lowest BCUT2D eigenvalue weighted by Gasteiger charge is -2.39. The van der Waals surface area contributed by atoms with Crippen LogP contribution in [0.1, 0.15) is 64.3 Å². The second kappa shape index (κ2) is 13.1. The zero-order chi connectivity index (χ0) is 31.7. The van der Waals surface area contributed by atoms with Crippen molar-refractivity contribution >= 4 is 33.0 Å². The van der Waals surface area contributed by atoms with Crippen molar-refractivity contribution in [2.75, 3.05) is 7.11 Å². The number of aromatic amines is 1. The molecule has 1 heterocycles. The number of aromatic nitrogens is 1. The highest BCUT2D eigenvalue weighted by molar-refractivity contribution is 7.92. The van der Waals surface area contributed by atoms with E-state index in [2.05, 4.69) is 47.4 Å². The first-order valence-corrected chi connectivity index (χ1v) is 17.7. The molecule has 0 saturated heterocycles. The summed E-state index contributed by atoms with van der Waals surface area (Å²) in [6, 6.07) is 30.4. The zero-order valence-corrected chi connectivity index (χ0v) is 28.0. The van der Waals surface area contributed by atoms with E-state index in [1.807, 2.05) is 60.9 Å². The lowest BCUT2D eigenvalue weighted by molar-refractivity contribution is 0.395. The van der Waals surface area contributed by atoms with Crippen LogP contribution < -0.4 is 4.74 Å². The number of nitrogens with one attached hydrogen (secondary N) is 1. The van der Waals surface area contributed by atoms with Crippen LogP contribution in [0.4, 0.5) is 0 Å². The maximum atomic E-state index is 13.9. The molecule has 4 aromatic carbocycles. The Morgan fingerprint density at radius 3 is 2.13 bits per heavy atom. The van der Waals surface area contributed by atoms with Gasteiger partial charge in [0.15, 0.2) is 9.84 Å². The van der Waals surface area contributed by atoms with Gasteiger partial charge in [0.05, 0.1) is 17.6 Å². The monoisotopic (exact) mass is 657 g/mol. The molecule has 1 N–H and O–H groups in total. The SMILES string of the molecule is COc1cc(Cl)ccc1C1Cc2ccc3c(c2CC1c1ccc(Cl)cc1)C(S(=O)(=O)C(C)C)Cc1ccccc1-3.c1cc[nH]c1. The van der Waals surface area contributed by atoms with Crippen molar-refractivity contribution < 1.29 is 13.2 Å². The molecule has 3 atom stereocenters. The Hall–Kier alpha value is -3.51. The molecule has 232 valence electrons. The number of ether oxygens (including phenoxy) is 1. The van der Waals surface area contributed by atoms with Crippen LogP contribution in [0, 0.1) is 0 Å². The number of fused-ring (bicyclic) bond motifs is 5. The van der Waals surface area contributed by atoms with Crippen molar-refractivity contribution in [1.29, 1.82) is 0 Å². The van der Waals surface area contributed by atoms with Gasteiger partial charge in [-0.3, -0.25) is 0 Å². The minimum atomic E-state index is -3.41. The van der Waals surface area contributed by atoms with Crippen molar-refractivity contribution in [3.8, 4) is 16.9 Å². The molecule has 0 spiro atoms. The summed E-state index contributed by atoms with van der Waals surface area (Å²) >= 11 is 12.6. The van der Waals surface area contributed by atoms with E-state index < -0.39 is 20.3 Å². The molecule has 0 radical (unpaired) electrons. The van der Waals surface area contributed by atoms with Gasteiger partial charge in [0.1, 0.15) is 5.75 Å². The zero-order valence-electron chi connectivity index (χ0n) is 25.6. The third-order valence-corrected chi connectivity index (χ3v) is 12.3. The van der Waals surface area contributed by atoms with Crippen LogP contribution in [0.2, 0.25) is 10.0 Å². The standard InChI is InChI=1S/C34H32Cl2O3S.C4H5N/c1-20(2)40(37,38)33-17-22-6-4-5-7-26(22)28-14-10-23-16-31(27-15-13-25(36)18-32(27)39-3)29(19-30(23)34(28)33)21-8-11-24(35)12-9-21;1-2-4-5-3-1/h4-15,18,20,29,31,33H,16-17,19H2,1-3H3;1-5H. The van der Waals surface area contributed by atoms with Crippen molar-refractivity contribution in [2.45, 2.75) is 55.4 Å². The summed E-state index contributed by atoms with van der Waals surface area (Å²) in [6.07, 6.45) is 5.74. The van der Waals surface area contributed by atoms with Crippen LogP contribution in [0.3, 0.4) is 0 Å². The second-order valence-electron chi connectivity index (χ2n) is 12.1. The summed E-state index contributed by atoms with van der Waals surface area (Å²) < 4.78 is 33.6. The first-order valence-electron chi connectivity index (χ1n) is 15.3. The van der Waals surface area contributed by atoms with Gasteiger partial charge in [-0.2, -0.15) is 0 Å². The van der Waals surface area contributed by atoms with E-state index in [1.54, 1.807) is 21.0 Å².